The quantitative estimate of drug-likeness (QED) is 0.287. The molecule has 1 unspecified atom stereocenters. The van der Waals surface area contributed by atoms with Crippen LogP contribution in [0.15, 0.2) is 59.6 Å². The van der Waals surface area contributed by atoms with Crippen LogP contribution in [0.5, 0.6) is 0 Å². The number of aromatic amines is 1. The highest BCUT2D eigenvalue weighted by atomic mass is 79.9. The summed E-state index contributed by atoms with van der Waals surface area (Å²) in [4.78, 5) is 15.3. The van der Waals surface area contributed by atoms with E-state index in [1.165, 1.54) is 16.8 Å². The number of halogens is 1. The SMILES string of the molecule is C=C(Nc1n[nH]c(C(=O)NC(CC)CN(C)c2ccccc2CC)c1Br)c1ccccc1CC. The summed E-state index contributed by atoms with van der Waals surface area (Å²) in [6.07, 6.45) is 2.68. The van der Waals surface area contributed by atoms with E-state index < -0.39 is 0 Å². The second-order valence-electron chi connectivity index (χ2n) is 8.32. The largest absolute Gasteiger partial charge is 0.372 e. The smallest absolute Gasteiger partial charge is 0.270 e. The molecule has 1 atom stereocenters. The van der Waals surface area contributed by atoms with E-state index in [1.807, 2.05) is 24.3 Å². The van der Waals surface area contributed by atoms with Crippen LogP contribution in [-0.2, 0) is 12.8 Å². The molecule has 7 heteroatoms. The van der Waals surface area contributed by atoms with Crippen LogP contribution in [0.3, 0.4) is 0 Å². The number of H-pyrrole nitrogens is 1. The average Bonchev–Trinajstić information content (AvgIpc) is 3.22. The highest BCUT2D eigenvalue weighted by Crippen LogP contribution is 2.28. The first-order valence-electron chi connectivity index (χ1n) is 11.8. The van der Waals surface area contributed by atoms with E-state index in [9.17, 15) is 4.79 Å². The first-order valence-corrected chi connectivity index (χ1v) is 12.6. The minimum Gasteiger partial charge on any atom is -0.372 e. The van der Waals surface area contributed by atoms with Crippen LogP contribution >= 0.6 is 15.9 Å². The molecule has 6 nitrogen and oxygen atoms in total. The van der Waals surface area contributed by atoms with Crippen LogP contribution in [0, 0.1) is 0 Å². The van der Waals surface area contributed by atoms with Gasteiger partial charge in [0, 0.05) is 36.6 Å². The summed E-state index contributed by atoms with van der Waals surface area (Å²) < 4.78 is 0.583. The fourth-order valence-corrected chi connectivity index (χ4v) is 4.50. The van der Waals surface area contributed by atoms with Crippen molar-refractivity contribution in [1.29, 1.82) is 0 Å². The van der Waals surface area contributed by atoms with Gasteiger partial charge in [0.1, 0.15) is 5.69 Å². The Labute approximate surface area is 211 Å². The fourth-order valence-electron chi connectivity index (χ4n) is 4.04. The molecular weight excluding hydrogens is 490 g/mol. The third kappa shape index (κ3) is 5.89. The minimum atomic E-state index is -0.198. The van der Waals surface area contributed by atoms with Crippen molar-refractivity contribution in [3.8, 4) is 0 Å². The topological polar surface area (TPSA) is 73.0 Å². The van der Waals surface area contributed by atoms with Crippen molar-refractivity contribution < 1.29 is 4.79 Å². The number of hydrogen-bond acceptors (Lipinski definition) is 4. The van der Waals surface area contributed by atoms with Crippen molar-refractivity contribution in [2.45, 2.75) is 46.1 Å². The lowest BCUT2D eigenvalue weighted by Gasteiger charge is -2.27. The molecule has 3 N–H and O–H groups in total. The van der Waals surface area contributed by atoms with E-state index >= 15 is 0 Å². The molecule has 180 valence electrons. The number of rotatable bonds is 11. The first kappa shape index (κ1) is 25.6. The van der Waals surface area contributed by atoms with Gasteiger partial charge in [-0.25, -0.2) is 0 Å². The molecule has 0 spiro atoms. The number of benzene rings is 2. The van der Waals surface area contributed by atoms with E-state index in [2.05, 4.69) is 100 Å². The number of hydrogen-bond donors (Lipinski definition) is 3. The summed E-state index contributed by atoms with van der Waals surface area (Å²) in [6, 6.07) is 16.5. The Morgan fingerprint density at radius 2 is 1.74 bits per heavy atom. The molecule has 0 aliphatic carbocycles. The molecule has 34 heavy (non-hydrogen) atoms. The zero-order valence-corrected chi connectivity index (χ0v) is 22.0. The van der Waals surface area contributed by atoms with Crippen molar-refractivity contribution >= 4 is 39.0 Å². The number of nitrogens with zero attached hydrogens (tertiary/aromatic N) is 2. The molecule has 1 amide bonds. The summed E-state index contributed by atoms with van der Waals surface area (Å²) in [6.45, 7) is 11.2. The van der Waals surface area contributed by atoms with Gasteiger partial charge < -0.3 is 15.5 Å². The Morgan fingerprint density at radius 3 is 2.41 bits per heavy atom. The number of carbonyl (C=O) groups is 1. The predicted molar refractivity (Wildman–Crippen MR) is 145 cm³/mol. The summed E-state index contributed by atoms with van der Waals surface area (Å²) in [5.74, 6) is 0.333. The van der Waals surface area contributed by atoms with E-state index in [1.54, 1.807) is 0 Å². The summed E-state index contributed by atoms with van der Waals surface area (Å²) >= 11 is 3.54. The van der Waals surface area contributed by atoms with Gasteiger partial charge in [0.25, 0.3) is 5.91 Å². The van der Waals surface area contributed by atoms with Gasteiger partial charge in [-0.2, -0.15) is 5.10 Å². The molecule has 1 aromatic heterocycles. The number of carbonyl (C=O) groups excluding carboxylic acids is 1. The lowest BCUT2D eigenvalue weighted by atomic mass is 10.0. The summed E-state index contributed by atoms with van der Waals surface area (Å²) in [7, 11) is 2.07. The van der Waals surface area contributed by atoms with Gasteiger partial charge in [-0.3, -0.25) is 9.89 Å². The van der Waals surface area contributed by atoms with Crippen LogP contribution in [-0.4, -0.2) is 35.7 Å². The van der Waals surface area contributed by atoms with Crippen molar-refractivity contribution in [1.82, 2.24) is 15.5 Å². The normalized spacial score (nSPS) is 11.7. The van der Waals surface area contributed by atoms with Gasteiger partial charge >= 0.3 is 0 Å². The second-order valence-corrected chi connectivity index (χ2v) is 9.11. The molecule has 0 saturated carbocycles. The Bertz CT molecular complexity index is 1140. The van der Waals surface area contributed by atoms with Crippen LogP contribution < -0.4 is 15.5 Å². The monoisotopic (exact) mass is 523 g/mol. The average molecular weight is 525 g/mol. The van der Waals surface area contributed by atoms with E-state index in [-0.39, 0.29) is 11.9 Å². The highest BCUT2D eigenvalue weighted by Gasteiger charge is 2.21. The molecule has 0 saturated heterocycles. The molecule has 2 aromatic carbocycles. The second kappa shape index (κ2) is 11.9. The van der Waals surface area contributed by atoms with Crippen molar-refractivity contribution in [3.05, 3.63) is 82.0 Å². The van der Waals surface area contributed by atoms with Gasteiger partial charge in [-0.1, -0.05) is 69.8 Å². The number of amides is 1. The lowest BCUT2D eigenvalue weighted by Crippen LogP contribution is -2.42. The van der Waals surface area contributed by atoms with E-state index in [0.717, 1.165) is 30.5 Å². The highest BCUT2D eigenvalue weighted by molar-refractivity contribution is 9.10. The Kier molecular flexibility index (Phi) is 8.93. The molecule has 1 heterocycles. The molecular formula is C27H34BrN5O. The van der Waals surface area contributed by atoms with Gasteiger partial charge in [-0.05, 0) is 52.4 Å². The zero-order chi connectivity index (χ0) is 24.7. The fraction of sp³-hybridized carbons (Fsp3) is 0.333. The van der Waals surface area contributed by atoms with Gasteiger partial charge in [0.15, 0.2) is 5.82 Å². The minimum absolute atomic E-state index is 0.0135. The number of aromatic nitrogens is 2. The van der Waals surface area contributed by atoms with Crippen molar-refractivity contribution in [2.24, 2.45) is 0 Å². The number of likely N-dealkylation sites (N-methyl/N-ethyl adjacent to an activating group) is 1. The van der Waals surface area contributed by atoms with Crippen LogP contribution in [0.4, 0.5) is 11.5 Å². The molecule has 3 aromatic rings. The lowest BCUT2D eigenvalue weighted by molar-refractivity contribution is 0.0931. The van der Waals surface area contributed by atoms with Crippen LogP contribution in [0.25, 0.3) is 5.70 Å². The van der Waals surface area contributed by atoms with Crippen molar-refractivity contribution in [3.63, 3.8) is 0 Å². The number of aryl methyl sites for hydroxylation is 2. The molecule has 0 aliphatic heterocycles. The maximum Gasteiger partial charge on any atom is 0.270 e. The third-order valence-electron chi connectivity index (χ3n) is 6.03. The van der Waals surface area contributed by atoms with Crippen molar-refractivity contribution in [2.75, 3.05) is 23.8 Å². The van der Waals surface area contributed by atoms with Gasteiger partial charge in [-0.15, -0.1) is 0 Å². The molecule has 0 aliphatic rings. The standard InChI is InChI=1S/C27H34BrN5O/c1-6-19-13-9-11-15-22(19)18(4)29-26-24(28)25(31-32-26)27(34)30-21(8-3)17-33(5)23-16-12-10-14-20(23)7-2/h9-16,21H,4,6-8,17H2,1-3,5H3,(H,30,34)(H2,29,31,32). The number of para-hydroxylation sites is 1. The molecule has 0 radical (unpaired) electrons. The molecule has 3 rings (SSSR count). The molecule has 0 bridgehead atoms. The first-order chi connectivity index (χ1) is 16.4. The zero-order valence-electron chi connectivity index (χ0n) is 20.4. The Hall–Kier alpha value is -3.06. The Morgan fingerprint density at radius 1 is 1.09 bits per heavy atom. The van der Waals surface area contributed by atoms with Gasteiger partial charge in [0.05, 0.1) is 4.47 Å². The third-order valence-corrected chi connectivity index (χ3v) is 6.80. The summed E-state index contributed by atoms with van der Waals surface area (Å²) in [5, 5.41) is 13.6. The van der Waals surface area contributed by atoms with E-state index in [4.69, 9.17) is 0 Å². The maximum atomic E-state index is 13.1. The number of anilines is 2. The van der Waals surface area contributed by atoms with Gasteiger partial charge in [0.2, 0.25) is 0 Å². The number of nitrogens with one attached hydrogen (secondary N) is 3. The van der Waals surface area contributed by atoms with Crippen LogP contribution in [0.1, 0.15) is 54.4 Å². The Balaban J connectivity index is 1.68. The van der Waals surface area contributed by atoms with E-state index in [0.29, 0.717) is 22.5 Å². The summed E-state index contributed by atoms with van der Waals surface area (Å²) in [5.41, 5.74) is 5.84. The predicted octanol–water partition coefficient (Wildman–Crippen LogP) is 6.02. The maximum absolute atomic E-state index is 13.1. The van der Waals surface area contributed by atoms with Crippen LogP contribution in [0.2, 0.25) is 0 Å². The molecule has 0 fully saturated rings.